The molecule has 0 saturated carbocycles. The highest BCUT2D eigenvalue weighted by Crippen LogP contribution is 2.15. The average Bonchev–Trinajstić information content (AvgIpc) is 2.87. The van der Waals surface area contributed by atoms with Gasteiger partial charge in [0.1, 0.15) is 0 Å². The third kappa shape index (κ3) is 6.09. The van der Waals surface area contributed by atoms with Crippen LogP contribution in [0.25, 0.3) is 0 Å². The van der Waals surface area contributed by atoms with E-state index < -0.39 is 0 Å². The molecule has 5 heteroatoms. The first kappa shape index (κ1) is 17.2. The van der Waals surface area contributed by atoms with Crippen LogP contribution in [0.2, 0.25) is 0 Å². The summed E-state index contributed by atoms with van der Waals surface area (Å²) in [6, 6.07) is 0.113. The van der Waals surface area contributed by atoms with Crippen LogP contribution in [-0.4, -0.2) is 68.3 Å². The zero-order valence-electron chi connectivity index (χ0n) is 13.7. The highest BCUT2D eigenvalue weighted by Gasteiger charge is 2.25. The van der Waals surface area contributed by atoms with Gasteiger partial charge in [-0.05, 0) is 39.8 Å². The smallest absolute Gasteiger partial charge is 0.317 e. The predicted molar refractivity (Wildman–Crippen MR) is 81.9 cm³/mol. The van der Waals surface area contributed by atoms with Crippen molar-refractivity contribution < 1.29 is 9.53 Å². The summed E-state index contributed by atoms with van der Waals surface area (Å²) in [6.07, 6.45) is 2.32. The number of ether oxygens (including phenoxy) is 1. The van der Waals surface area contributed by atoms with Crippen LogP contribution in [0.1, 0.15) is 33.6 Å². The third-order valence-corrected chi connectivity index (χ3v) is 3.56. The number of rotatable bonds is 7. The number of amides is 2. The molecule has 0 bridgehead atoms. The van der Waals surface area contributed by atoms with Gasteiger partial charge in [-0.2, -0.15) is 0 Å². The molecule has 1 fully saturated rings. The van der Waals surface area contributed by atoms with E-state index in [0.29, 0.717) is 5.92 Å². The molecule has 1 aliphatic heterocycles. The van der Waals surface area contributed by atoms with Gasteiger partial charge in [-0.25, -0.2) is 4.79 Å². The van der Waals surface area contributed by atoms with E-state index in [1.807, 2.05) is 25.9 Å². The number of likely N-dealkylation sites (N-methyl/N-ethyl adjacent to an activating group) is 1. The van der Waals surface area contributed by atoms with Crippen molar-refractivity contribution >= 4 is 6.03 Å². The molecule has 1 aliphatic rings. The van der Waals surface area contributed by atoms with E-state index in [9.17, 15) is 4.79 Å². The average molecular weight is 285 g/mol. The molecule has 1 saturated heterocycles. The lowest BCUT2D eigenvalue weighted by molar-refractivity contribution is 0.0827. The minimum absolute atomic E-state index is 0.0311. The lowest BCUT2D eigenvalue weighted by Gasteiger charge is -2.29. The van der Waals surface area contributed by atoms with E-state index in [4.69, 9.17) is 4.74 Å². The van der Waals surface area contributed by atoms with Gasteiger partial charge in [0.25, 0.3) is 0 Å². The van der Waals surface area contributed by atoms with Crippen LogP contribution in [0.15, 0.2) is 0 Å². The Morgan fingerprint density at radius 2 is 2.00 bits per heavy atom. The van der Waals surface area contributed by atoms with Gasteiger partial charge in [-0.1, -0.05) is 13.8 Å². The molecular weight excluding hydrogens is 254 g/mol. The Balaban J connectivity index is 2.47. The number of hydrogen-bond acceptors (Lipinski definition) is 3. The van der Waals surface area contributed by atoms with Crippen molar-refractivity contribution in [2.45, 2.75) is 45.8 Å². The number of nitrogens with zero attached hydrogens (tertiary/aromatic N) is 2. The van der Waals surface area contributed by atoms with Crippen LogP contribution < -0.4 is 5.32 Å². The zero-order chi connectivity index (χ0) is 15.1. The first-order chi connectivity index (χ1) is 9.40. The molecular formula is C15H31N3O2. The molecule has 1 heterocycles. The molecule has 0 aromatic rings. The maximum Gasteiger partial charge on any atom is 0.317 e. The van der Waals surface area contributed by atoms with E-state index in [1.54, 1.807) is 0 Å². The highest BCUT2D eigenvalue weighted by atomic mass is 16.5. The standard InChI is InChI=1S/C15H31N3O2/c1-12(2)11-18(9-8-17(4)5)15(19)16-13(3)14-7-6-10-20-14/h12-14H,6-11H2,1-5H3,(H,16,19). The highest BCUT2D eigenvalue weighted by molar-refractivity contribution is 5.74. The summed E-state index contributed by atoms with van der Waals surface area (Å²) in [7, 11) is 4.06. The Bertz CT molecular complexity index is 289. The normalized spacial score (nSPS) is 20.4. The summed E-state index contributed by atoms with van der Waals surface area (Å²) >= 11 is 0. The van der Waals surface area contributed by atoms with Gasteiger partial charge < -0.3 is 19.9 Å². The number of carbonyl (C=O) groups excluding carboxylic acids is 1. The predicted octanol–water partition coefficient (Wildman–Crippen LogP) is 1.78. The number of nitrogens with one attached hydrogen (secondary N) is 1. The summed E-state index contributed by atoms with van der Waals surface area (Å²) in [5.41, 5.74) is 0. The van der Waals surface area contributed by atoms with Crippen LogP contribution in [0.5, 0.6) is 0 Å². The third-order valence-electron chi connectivity index (χ3n) is 3.56. The van der Waals surface area contributed by atoms with Crippen LogP contribution >= 0.6 is 0 Å². The van der Waals surface area contributed by atoms with Gasteiger partial charge in [0.05, 0.1) is 12.1 Å². The molecule has 5 nitrogen and oxygen atoms in total. The molecule has 118 valence electrons. The monoisotopic (exact) mass is 285 g/mol. The Morgan fingerprint density at radius 1 is 1.30 bits per heavy atom. The van der Waals surface area contributed by atoms with Gasteiger partial charge >= 0.3 is 6.03 Å². The summed E-state index contributed by atoms with van der Waals surface area (Å²) in [5.74, 6) is 0.473. The Morgan fingerprint density at radius 3 is 2.50 bits per heavy atom. The Labute approximate surface area is 123 Å². The van der Waals surface area contributed by atoms with Gasteiger partial charge in [0.15, 0.2) is 0 Å². The quantitative estimate of drug-likeness (QED) is 0.775. The summed E-state index contributed by atoms with van der Waals surface area (Å²) < 4.78 is 5.63. The molecule has 2 amide bonds. The van der Waals surface area contributed by atoms with Crippen molar-refractivity contribution in [3.63, 3.8) is 0 Å². The van der Waals surface area contributed by atoms with Gasteiger partial charge in [0.2, 0.25) is 0 Å². The van der Waals surface area contributed by atoms with Crippen molar-refractivity contribution in [3.8, 4) is 0 Å². The molecule has 0 spiro atoms. The van der Waals surface area contributed by atoms with E-state index in [-0.39, 0.29) is 18.2 Å². The van der Waals surface area contributed by atoms with Crippen LogP contribution in [-0.2, 0) is 4.74 Å². The second-order valence-electron chi connectivity index (χ2n) is 6.43. The van der Waals surface area contributed by atoms with Crippen LogP contribution in [0, 0.1) is 5.92 Å². The van der Waals surface area contributed by atoms with Crippen molar-refractivity contribution in [2.24, 2.45) is 5.92 Å². The van der Waals surface area contributed by atoms with E-state index in [2.05, 4.69) is 24.1 Å². The molecule has 20 heavy (non-hydrogen) atoms. The fourth-order valence-electron chi connectivity index (χ4n) is 2.41. The second-order valence-corrected chi connectivity index (χ2v) is 6.43. The summed E-state index contributed by atoms with van der Waals surface area (Å²) in [6.45, 7) is 9.56. The lowest BCUT2D eigenvalue weighted by Crippen LogP contribution is -2.50. The van der Waals surface area contributed by atoms with Crippen molar-refractivity contribution in [2.75, 3.05) is 40.3 Å². The maximum atomic E-state index is 12.4. The van der Waals surface area contributed by atoms with E-state index >= 15 is 0 Å². The van der Waals surface area contributed by atoms with Crippen LogP contribution in [0.3, 0.4) is 0 Å². The molecule has 2 atom stereocenters. The molecule has 0 aromatic carbocycles. The fraction of sp³-hybridized carbons (Fsp3) is 0.933. The lowest BCUT2D eigenvalue weighted by atomic mass is 10.1. The minimum atomic E-state index is 0.0311. The maximum absolute atomic E-state index is 12.4. The molecule has 2 unspecified atom stereocenters. The topological polar surface area (TPSA) is 44.8 Å². The molecule has 0 radical (unpaired) electrons. The minimum Gasteiger partial charge on any atom is -0.376 e. The van der Waals surface area contributed by atoms with Crippen molar-refractivity contribution in [3.05, 3.63) is 0 Å². The summed E-state index contributed by atoms with van der Waals surface area (Å²) in [4.78, 5) is 16.4. The van der Waals surface area contributed by atoms with Crippen molar-refractivity contribution in [1.29, 1.82) is 0 Å². The molecule has 0 aromatic heterocycles. The largest absolute Gasteiger partial charge is 0.376 e. The van der Waals surface area contributed by atoms with Gasteiger partial charge in [-0.15, -0.1) is 0 Å². The summed E-state index contributed by atoms with van der Waals surface area (Å²) in [5, 5.41) is 3.09. The van der Waals surface area contributed by atoms with E-state index in [0.717, 1.165) is 39.1 Å². The van der Waals surface area contributed by atoms with Gasteiger partial charge in [0, 0.05) is 26.2 Å². The Kier molecular flexibility index (Phi) is 7.30. The molecule has 1 rings (SSSR count). The zero-order valence-corrected chi connectivity index (χ0v) is 13.7. The first-order valence-electron chi connectivity index (χ1n) is 7.72. The molecule has 0 aliphatic carbocycles. The SMILES string of the molecule is CC(C)CN(CCN(C)C)C(=O)NC(C)C1CCCO1. The van der Waals surface area contributed by atoms with Crippen LogP contribution in [0.4, 0.5) is 4.79 Å². The number of carbonyl (C=O) groups is 1. The first-order valence-corrected chi connectivity index (χ1v) is 7.72. The number of urea groups is 1. The second kappa shape index (κ2) is 8.47. The van der Waals surface area contributed by atoms with Crippen molar-refractivity contribution in [1.82, 2.24) is 15.1 Å². The van der Waals surface area contributed by atoms with Gasteiger partial charge in [-0.3, -0.25) is 0 Å². The molecule has 1 N–H and O–H groups in total. The van der Waals surface area contributed by atoms with E-state index in [1.165, 1.54) is 0 Å². The Hall–Kier alpha value is -0.810. The number of hydrogen-bond donors (Lipinski definition) is 1. The fourth-order valence-corrected chi connectivity index (χ4v) is 2.41.